The third-order valence-electron chi connectivity index (χ3n) is 3.61. The topological polar surface area (TPSA) is 62.3 Å². The molecule has 1 rings (SSSR count). The molecule has 0 unspecified atom stereocenters. The van der Waals surface area contributed by atoms with E-state index in [2.05, 4.69) is 10.3 Å². The van der Waals surface area contributed by atoms with E-state index in [1.165, 1.54) is 0 Å². The summed E-state index contributed by atoms with van der Waals surface area (Å²) in [6.45, 7) is 8.55. The number of aromatic nitrogens is 1. The van der Waals surface area contributed by atoms with Crippen LogP contribution < -0.4 is 5.32 Å². The molecule has 122 valence electrons. The Labute approximate surface area is 133 Å². The Kier molecular flexibility index (Phi) is 6.53. The molecule has 5 nitrogen and oxygen atoms in total. The predicted molar refractivity (Wildman–Crippen MR) is 87.2 cm³/mol. The number of nitrogens with zero attached hydrogens (tertiary/aromatic N) is 2. The Bertz CT molecular complexity index is 498. The van der Waals surface area contributed by atoms with Gasteiger partial charge in [-0.15, -0.1) is 0 Å². The summed E-state index contributed by atoms with van der Waals surface area (Å²) >= 11 is 0. The van der Waals surface area contributed by atoms with Crippen LogP contribution in [0.4, 0.5) is 0 Å². The van der Waals surface area contributed by atoms with E-state index >= 15 is 0 Å². The molecule has 0 spiro atoms. The smallest absolute Gasteiger partial charge is 0.237 e. The van der Waals surface area contributed by atoms with Crippen LogP contribution >= 0.6 is 0 Å². The van der Waals surface area contributed by atoms with Crippen molar-refractivity contribution in [3.63, 3.8) is 0 Å². The van der Waals surface area contributed by atoms with Gasteiger partial charge in [-0.3, -0.25) is 14.6 Å². The molecule has 0 radical (unpaired) electrons. The lowest BCUT2D eigenvalue weighted by molar-refractivity contribution is -0.147. The summed E-state index contributed by atoms with van der Waals surface area (Å²) in [5.74, 6) is -0.0240. The van der Waals surface area contributed by atoms with E-state index in [4.69, 9.17) is 0 Å². The average molecular weight is 305 g/mol. The van der Waals surface area contributed by atoms with Gasteiger partial charge in [-0.05, 0) is 43.9 Å². The normalized spacial score (nSPS) is 11.4. The van der Waals surface area contributed by atoms with Crippen LogP contribution in [-0.2, 0) is 16.0 Å². The molecule has 1 heterocycles. The number of nitrogens with one attached hydrogen (secondary N) is 1. The highest BCUT2D eigenvalue weighted by Gasteiger charge is 2.37. The van der Waals surface area contributed by atoms with E-state index in [-0.39, 0.29) is 11.8 Å². The largest absolute Gasteiger partial charge is 0.355 e. The molecule has 5 heteroatoms. The fraction of sp³-hybridized carbons (Fsp3) is 0.588. The van der Waals surface area contributed by atoms with Gasteiger partial charge in [0.2, 0.25) is 11.8 Å². The van der Waals surface area contributed by atoms with E-state index in [1.807, 2.05) is 26.0 Å². The second-order valence-electron chi connectivity index (χ2n) is 6.56. The van der Waals surface area contributed by atoms with Gasteiger partial charge in [0.05, 0.1) is 0 Å². The van der Waals surface area contributed by atoms with Gasteiger partial charge in [0, 0.05) is 32.5 Å². The fourth-order valence-electron chi connectivity index (χ4n) is 2.04. The molecule has 0 aromatic carbocycles. The number of pyridine rings is 1. The van der Waals surface area contributed by atoms with Crippen LogP contribution in [0.5, 0.6) is 0 Å². The van der Waals surface area contributed by atoms with Crippen molar-refractivity contribution in [3.8, 4) is 0 Å². The van der Waals surface area contributed by atoms with Gasteiger partial charge in [-0.25, -0.2) is 0 Å². The molecule has 2 amide bonds. The first-order chi connectivity index (χ1) is 10.2. The van der Waals surface area contributed by atoms with Crippen molar-refractivity contribution >= 4 is 11.8 Å². The number of rotatable bonds is 7. The van der Waals surface area contributed by atoms with Crippen molar-refractivity contribution < 1.29 is 9.59 Å². The molecular formula is C17H27N3O2. The van der Waals surface area contributed by atoms with Crippen LogP contribution in [0, 0.1) is 11.3 Å². The summed E-state index contributed by atoms with van der Waals surface area (Å²) in [5, 5.41) is 2.84. The van der Waals surface area contributed by atoms with Gasteiger partial charge in [-0.1, -0.05) is 13.8 Å². The lowest BCUT2D eigenvalue weighted by atomic mass is 9.90. The molecule has 1 N–H and O–H groups in total. The zero-order chi connectivity index (χ0) is 16.8. The van der Waals surface area contributed by atoms with E-state index in [0.29, 0.717) is 19.0 Å². The molecule has 0 atom stereocenters. The molecule has 1 aromatic heterocycles. The Morgan fingerprint density at radius 1 is 1.27 bits per heavy atom. The molecule has 0 bridgehead atoms. The third-order valence-corrected chi connectivity index (χ3v) is 3.61. The van der Waals surface area contributed by atoms with E-state index < -0.39 is 5.41 Å². The highest BCUT2D eigenvalue weighted by Crippen LogP contribution is 2.19. The van der Waals surface area contributed by atoms with E-state index in [9.17, 15) is 9.59 Å². The number of carbonyl (C=O) groups is 2. The summed E-state index contributed by atoms with van der Waals surface area (Å²) in [6, 6.07) is 3.86. The Morgan fingerprint density at radius 2 is 1.86 bits per heavy atom. The fourth-order valence-corrected chi connectivity index (χ4v) is 2.04. The maximum atomic E-state index is 12.5. The maximum absolute atomic E-state index is 12.5. The predicted octanol–water partition coefficient (Wildman–Crippen LogP) is 1.88. The summed E-state index contributed by atoms with van der Waals surface area (Å²) < 4.78 is 0. The molecular weight excluding hydrogens is 278 g/mol. The van der Waals surface area contributed by atoms with Crippen LogP contribution in [0.1, 0.15) is 33.3 Å². The van der Waals surface area contributed by atoms with Gasteiger partial charge in [0.15, 0.2) is 0 Å². The lowest BCUT2D eigenvalue weighted by Gasteiger charge is -2.28. The highest BCUT2D eigenvalue weighted by atomic mass is 16.2. The number of carbonyl (C=O) groups excluding carboxylic acids is 2. The molecule has 22 heavy (non-hydrogen) atoms. The number of hydrogen-bond acceptors (Lipinski definition) is 3. The number of likely N-dealkylation sites (N-methyl/N-ethyl adjacent to an activating group) is 1. The molecule has 0 fully saturated rings. The summed E-state index contributed by atoms with van der Waals surface area (Å²) in [4.78, 5) is 30.3. The van der Waals surface area contributed by atoms with Crippen molar-refractivity contribution in [3.05, 3.63) is 30.1 Å². The van der Waals surface area contributed by atoms with Crippen molar-refractivity contribution in [1.82, 2.24) is 15.2 Å². The zero-order valence-corrected chi connectivity index (χ0v) is 14.2. The Hall–Kier alpha value is -1.91. The van der Waals surface area contributed by atoms with Crippen LogP contribution in [0.3, 0.4) is 0 Å². The Balaban J connectivity index is 2.58. The minimum absolute atomic E-state index is 0.164. The van der Waals surface area contributed by atoms with Crippen LogP contribution in [0.15, 0.2) is 24.5 Å². The quantitative estimate of drug-likeness (QED) is 0.782. The van der Waals surface area contributed by atoms with Gasteiger partial charge >= 0.3 is 0 Å². The summed E-state index contributed by atoms with van der Waals surface area (Å²) in [7, 11) is 1.74. The van der Waals surface area contributed by atoms with Crippen molar-refractivity contribution in [2.24, 2.45) is 11.3 Å². The number of amides is 2. The minimum atomic E-state index is -1.05. The average Bonchev–Trinajstić information content (AvgIpc) is 2.50. The zero-order valence-electron chi connectivity index (χ0n) is 14.2. The molecule has 1 aromatic rings. The first-order valence-electron chi connectivity index (χ1n) is 7.68. The second kappa shape index (κ2) is 7.92. The molecule has 0 aliphatic carbocycles. The van der Waals surface area contributed by atoms with Crippen molar-refractivity contribution in [2.45, 2.75) is 34.1 Å². The van der Waals surface area contributed by atoms with Gasteiger partial charge < -0.3 is 10.2 Å². The summed E-state index contributed by atoms with van der Waals surface area (Å²) in [6.07, 6.45) is 4.22. The standard InChI is InChI=1S/C17H27N3O2/c1-13(2)12-19-15(21)17(3,4)16(22)20(5)11-8-14-6-9-18-10-7-14/h6-7,9-10,13H,8,11-12H2,1-5H3,(H,19,21). The first-order valence-corrected chi connectivity index (χ1v) is 7.68. The van der Waals surface area contributed by atoms with Gasteiger partial charge in [0.25, 0.3) is 0 Å². The maximum Gasteiger partial charge on any atom is 0.237 e. The van der Waals surface area contributed by atoms with E-state index in [1.54, 1.807) is 38.2 Å². The highest BCUT2D eigenvalue weighted by molar-refractivity contribution is 6.04. The van der Waals surface area contributed by atoms with Crippen molar-refractivity contribution in [1.29, 1.82) is 0 Å². The second-order valence-corrected chi connectivity index (χ2v) is 6.56. The SMILES string of the molecule is CC(C)CNC(=O)C(C)(C)C(=O)N(C)CCc1ccncc1. The monoisotopic (exact) mass is 305 g/mol. The van der Waals surface area contributed by atoms with Crippen LogP contribution in [0.2, 0.25) is 0 Å². The van der Waals surface area contributed by atoms with Crippen LogP contribution in [0.25, 0.3) is 0 Å². The van der Waals surface area contributed by atoms with Gasteiger partial charge in [0.1, 0.15) is 5.41 Å². The van der Waals surface area contributed by atoms with Crippen molar-refractivity contribution in [2.75, 3.05) is 20.1 Å². The van der Waals surface area contributed by atoms with E-state index in [0.717, 1.165) is 12.0 Å². The molecule has 0 saturated carbocycles. The number of hydrogen-bond donors (Lipinski definition) is 1. The first kappa shape index (κ1) is 18.1. The molecule has 0 aliphatic heterocycles. The van der Waals surface area contributed by atoms with Gasteiger partial charge in [-0.2, -0.15) is 0 Å². The lowest BCUT2D eigenvalue weighted by Crippen LogP contribution is -2.49. The minimum Gasteiger partial charge on any atom is -0.355 e. The molecule has 0 saturated heterocycles. The molecule has 0 aliphatic rings. The van der Waals surface area contributed by atoms with Crippen LogP contribution in [-0.4, -0.2) is 41.8 Å². The summed E-state index contributed by atoms with van der Waals surface area (Å²) in [5.41, 5.74) is 0.0683. The Morgan fingerprint density at radius 3 is 2.41 bits per heavy atom. The third kappa shape index (κ3) is 5.13.